The third-order valence-electron chi connectivity index (χ3n) is 4.88. The Morgan fingerprint density at radius 1 is 1.45 bits per heavy atom. The van der Waals surface area contributed by atoms with Gasteiger partial charge in [0.05, 0.1) is 12.3 Å². The van der Waals surface area contributed by atoms with E-state index in [9.17, 15) is 9.59 Å². The summed E-state index contributed by atoms with van der Waals surface area (Å²) in [7, 11) is 0. The van der Waals surface area contributed by atoms with Crippen molar-refractivity contribution in [3.8, 4) is 12.3 Å². The van der Waals surface area contributed by atoms with Gasteiger partial charge in [0.25, 0.3) is 0 Å². The van der Waals surface area contributed by atoms with Crippen molar-refractivity contribution in [1.29, 1.82) is 0 Å². The number of esters is 1. The highest BCUT2D eigenvalue weighted by Gasteiger charge is 2.61. The molecular weight excluding hydrogens is 276 g/mol. The molecule has 2 aliphatic rings. The Bertz CT molecular complexity index is 609. The highest BCUT2D eigenvalue weighted by Crippen LogP contribution is 2.60. The van der Waals surface area contributed by atoms with E-state index >= 15 is 0 Å². The smallest absolute Gasteiger partial charge is 0.310 e. The normalized spacial score (nSPS) is 29.1. The molecule has 0 spiro atoms. The van der Waals surface area contributed by atoms with Gasteiger partial charge < -0.3 is 4.74 Å². The number of rotatable bonds is 4. The lowest BCUT2D eigenvalue weighted by atomic mass is 10.1. The number of Topliss-reactive ketones (excluding diaryl/α,β-unsaturated/α-hetero) is 1. The van der Waals surface area contributed by atoms with Gasteiger partial charge in [-0.3, -0.25) is 9.59 Å². The van der Waals surface area contributed by atoms with Crippen LogP contribution in [-0.4, -0.2) is 17.9 Å². The summed E-state index contributed by atoms with van der Waals surface area (Å²) in [6.45, 7) is 10.1. The van der Waals surface area contributed by atoms with Crippen molar-refractivity contribution in [2.75, 3.05) is 0 Å². The van der Waals surface area contributed by atoms with E-state index in [4.69, 9.17) is 11.2 Å². The largest absolute Gasteiger partial charge is 0.457 e. The average molecular weight is 300 g/mol. The molecule has 0 aromatic carbocycles. The molecule has 0 aromatic heterocycles. The monoisotopic (exact) mass is 300 g/mol. The van der Waals surface area contributed by atoms with E-state index in [2.05, 4.69) is 25.8 Å². The first kappa shape index (κ1) is 16.5. The van der Waals surface area contributed by atoms with Gasteiger partial charge in [-0.15, -0.1) is 12.3 Å². The number of hydrogen-bond acceptors (Lipinski definition) is 3. The zero-order valence-corrected chi connectivity index (χ0v) is 14.0. The molecule has 3 atom stereocenters. The van der Waals surface area contributed by atoms with Gasteiger partial charge in [0.2, 0.25) is 0 Å². The molecule has 0 N–H and O–H groups in total. The quantitative estimate of drug-likeness (QED) is 0.454. The topological polar surface area (TPSA) is 43.4 Å². The molecular formula is C19H24O3. The van der Waals surface area contributed by atoms with Crippen LogP contribution < -0.4 is 0 Å². The number of hydrogen-bond donors (Lipinski definition) is 0. The second-order valence-electron chi connectivity index (χ2n) is 7.16. The number of allylic oxidation sites excluding steroid dienone is 3. The molecule has 0 amide bonds. The first-order valence-electron chi connectivity index (χ1n) is 7.72. The number of terminal acetylenes is 1. The first-order chi connectivity index (χ1) is 10.2. The standard InChI is InChI=1S/C19H24O3/c1-7-8-13-12(4)16(10-15(13)20)22-18(21)17-14(9-11(2)3)19(17,5)6/h1,9,14,16-17H,8,10H2,2-6H3/t14-,16?,17-/m1/s1. The van der Waals surface area contributed by atoms with Crippen LogP contribution in [0, 0.1) is 29.6 Å². The zero-order chi connectivity index (χ0) is 16.7. The van der Waals surface area contributed by atoms with Gasteiger partial charge in [-0.2, -0.15) is 0 Å². The molecule has 1 fully saturated rings. The van der Waals surface area contributed by atoms with Gasteiger partial charge in [0.1, 0.15) is 6.10 Å². The van der Waals surface area contributed by atoms with Crippen LogP contribution in [0.15, 0.2) is 22.8 Å². The Labute approximate surface area is 132 Å². The summed E-state index contributed by atoms with van der Waals surface area (Å²) in [5.74, 6) is 2.39. The molecule has 22 heavy (non-hydrogen) atoms. The average Bonchev–Trinajstić information content (AvgIpc) is 2.83. The van der Waals surface area contributed by atoms with Crippen molar-refractivity contribution in [2.45, 2.75) is 53.6 Å². The Kier molecular flexibility index (Phi) is 4.33. The molecule has 2 aliphatic carbocycles. The molecule has 0 heterocycles. The van der Waals surface area contributed by atoms with Crippen molar-refractivity contribution < 1.29 is 14.3 Å². The lowest BCUT2D eigenvalue weighted by molar-refractivity contribution is -0.150. The van der Waals surface area contributed by atoms with Crippen molar-refractivity contribution in [1.82, 2.24) is 0 Å². The number of carbonyl (C=O) groups is 2. The van der Waals surface area contributed by atoms with Gasteiger partial charge >= 0.3 is 5.97 Å². The van der Waals surface area contributed by atoms with E-state index in [0.29, 0.717) is 12.0 Å². The van der Waals surface area contributed by atoms with E-state index in [1.54, 1.807) is 0 Å². The predicted molar refractivity (Wildman–Crippen MR) is 85.8 cm³/mol. The highest BCUT2D eigenvalue weighted by molar-refractivity contribution is 6.00. The van der Waals surface area contributed by atoms with E-state index in [-0.39, 0.29) is 35.4 Å². The van der Waals surface area contributed by atoms with Crippen LogP contribution in [-0.2, 0) is 14.3 Å². The van der Waals surface area contributed by atoms with Gasteiger partial charge in [-0.25, -0.2) is 0 Å². The maximum Gasteiger partial charge on any atom is 0.310 e. The Balaban J connectivity index is 2.07. The third kappa shape index (κ3) is 2.88. The van der Waals surface area contributed by atoms with Crippen molar-refractivity contribution in [3.63, 3.8) is 0 Å². The van der Waals surface area contributed by atoms with E-state index in [1.807, 2.05) is 20.8 Å². The summed E-state index contributed by atoms with van der Waals surface area (Å²) in [5, 5.41) is 0. The van der Waals surface area contributed by atoms with Crippen LogP contribution in [0.2, 0.25) is 0 Å². The number of ketones is 1. The van der Waals surface area contributed by atoms with Crippen LogP contribution in [0.3, 0.4) is 0 Å². The molecule has 1 unspecified atom stereocenters. The van der Waals surface area contributed by atoms with Crippen LogP contribution in [0.5, 0.6) is 0 Å². The molecule has 2 rings (SSSR count). The summed E-state index contributed by atoms with van der Waals surface area (Å²) in [6, 6.07) is 0. The second-order valence-corrected chi connectivity index (χ2v) is 7.16. The number of ether oxygens (including phenoxy) is 1. The van der Waals surface area contributed by atoms with Crippen LogP contribution in [0.1, 0.15) is 47.5 Å². The van der Waals surface area contributed by atoms with Gasteiger partial charge in [0, 0.05) is 12.0 Å². The van der Waals surface area contributed by atoms with Crippen LogP contribution in [0.4, 0.5) is 0 Å². The van der Waals surface area contributed by atoms with Crippen molar-refractivity contribution in [3.05, 3.63) is 22.8 Å². The Morgan fingerprint density at radius 2 is 2.09 bits per heavy atom. The van der Waals surface area contributed by atoms with E-state index < -0.39 is 6.10 Å². The minimum absolute atomic E-state index is 0.00385. The fraction of sp³-hybridized carbons (Fsp3) is 0.579. The third-order valence-corrected chi connectivity index (χ3v) is 4.88. The molecule has 0 radical (unpaired) electrons. The molecule has 0 saturated heterocycles. The van der Waals surface area contributed by atoms with Crippen LogP contribution >= 0.6 is 0 Å². The minimum Gasteiger partial charge on any atom is -0.457 e. The summed E-state index contributed by atoms with van der Waals surface area (Å²) in [5.41, 5.74) is 2.58. The molecule has 1 saturated carbocycles. The SMILES string of the molecule is C#CCC1=C(C)C(OC(=O)[C@H]2[C@@H](C=C(C)C)C2(C)C)CC1=O. The second kappa shape index (κ2) is 5.76. The molecule has 3 nitrogen and oxygen atoms in total. The maximum atomic E-state index is 12.5. The number of carbonyl (C=O) groups excluding carboxylic acids is 2. The molecule has 118 valence electrons. The fourth-order valence-corrected chi connectivity index (χ4v) is 3.34. The van der Waals surface area contributed by atoms with Crippen molar-refractivity contribution in [2.24, 2.45) is 17.3 Å². The van der Waals surface area contributed by atoms with E-state index in [0.717, 1.165) is 5.57 Å². The van der Waals surface area contributed by atoms with E-state index in [1.165, 1.54) is 5.57 Å². The van der Waals surface area contributed by atoms with Gasteiger partial charge in [-0.1, -0.05) is 25.5 Å². The molecule has 3 heteroatoms. The lowest BCUT2D eigenvalue weighted by Gasteiger charge is -2.13. The summed E-state index contributed by atoms with van der Waals surface area (Å²) >= 11 is 0. The van der Waals surface area contributed by atoms with Crippen LogP contribution in [0.25, 0.3) is 0 Å². The zero-order valence-electron chi connectivity index (χ0n) is 14.0. The molecule has 0 bridgehead atoms. The fourth-order valence-electron chi connectivity index (χ4n) is 3.34. The van der Waals surface area contributed by atoms with Gasteiger partial charge in [-0.05, 0) is 37.7 Å². The summed E-state index contributed by atoms with van der Waals surface area (Å²) in [6.07, 6.45) is 7.53. The van der Waals surface area contributed by atoms with Crippen molar-refractivity contribution >= 4 is 11.8 Å². The maximum absolute atomic E-state index is 12.5. The summed E-state index contributed by atoms with van der Waals surface area (Å²) in [4.78, 5) is 24.4. The highest BCUT2D eigenvalue weighted by atomic mass is 16.5. The minimum atomic E-state index is -0.438. The lowest BCUT2D eigenvalue weighted by Crippen LogP contribution is -2.20. The molecule has 0 aliphatic heterocycles. The molecule has 0 aromatic rings. The summed E-state index contributed by atoms with van der Waals surface area (Å²) < 4.78 is 5.63. The Morgan fingerprint density at radius 3 is 2.64 bits per heavy atom. The van der Waals surface area contributed by atoms with Gasteiger partial charge in [0.15, 0.2) is 5.78 Å². The first-order valence-corrected chi connectivity index (χ1v) is 7.72. The Hall–Kier alpha value is -1.82. The predicted octanol–water partition coefficient (Wildman–Crippen LogP) is 3.45.